The summed E-state index contributed by atoms with van der Waals surface area (Å²) in [5.41, 5.74) is -0.548. The Bertz CT molecular complexity index is 793. The quantitative estimate of drug-likeness (QED) is 0.648. The molecule has 2 heterocycles. The molecular weight excluding hydrogens is 224 g/mol. The maximum absolute atomic E-state index is 11.6. The van der Waals surface area contributed by atoms with Crippen LogP contribution in [0.15, 0.2) is 44.2 Å². The number of hydrogen-bond donors (Lipinski definition) is 1. The van der Waals surface area contributed by atoms with E-state index in [0.29, 0.717) is 10.8 Å². The summed E-state index contributed by atoms with van der Waals surface area (Å²) in [6, 6.07) is 6.28. The van der Waals surface area contributed by atoms with Crippen LogP contribution in [-0.2, 0) is 0 Å². The molecule has 0 saturated heterocycles. The number of aromatic carboxylic acids is 1. The van der Waals surface area contributed by atoms with E-state index >= 15 is 0 Å². The summed E-state index contributed by atoms with van der Waals surface area (Å²) in [6.07, 6.45) is 1.37. The molecule has 3 aromatic rings. The summed E-state index contributed by atoms with van der Waals surface area (Å²) in [5.74, 6) is -1.14. The second-order valence-corrected chi connectivity index (χ2v) is 3.54. The molecule has 0 spiro atoms. The van der Waals surface area contributed by atoms with Gasteiger partial charge >= 0.3 is 11.6 Å². The highest BCUT2D eigenvalue weighted by atomic mass is 16.4. The molecule has 84 valence electrons. The molecule has 0 bridgehead atoms. The Balaban J connectivity index is 2.62. The van der Waals surface area contributed by atoms with Gasteiger partial charge in [0.15, 0.2) is 5.58 Å². The summed E-state index contributed by atoms with van der Waals surface area (Å²) in [6.45, 7) is 0. The van der Waals surface area contributed by atoms with Gasteiger partial charge in [0.25, 0.3) is 0 Å². The summed E-state index contributed by atoms with van der Waals surface area (Å²) >= 11 is 0. The first-order valence-corrected chi connectivity index (χ1v) is 4.85. The van der Waals surface area contributed by atoms with E-state index in [1.807, 2.05) is 0 Å². The van der Waals surface area contributed by atoms with E-state index in [1.165, 1.54) is 12.3 Å². The lowest BCUT2D eigenvalue weighted by atomic mass is 10.1. The summed E-state index contributed by atoms with van der Waals surface area (Å²) < 4.78 is 10.00. The molecule has 0 atom stereocenters. The van der Waals surface area contributed by atoms with Gasteiger partial charge in [-0.3, -0.25) is 0 Å². The average Bonchev–Trinajstić information content (AvgIpc) is 2.78. The second kappa shape index (κ2) is 3.21. The van der Waals surface area contributed by atoms with E-state index in [-0.39, 0.29) is 16.7 Å². The number of carbonyl (C=O) groups is 1. The van der Waals surface area contributed by atoms with Crippen LogP contribution in [0.2, 0.25) is 0 Å². The van der Waals surface area contributed by atoms with Gasteiger partial charge in [0.1, 0.15) is 5.56 Å². The monoisotopic (exact) mass is 230 g/mol. The Kier molecular flexibility index (Phi) is 1.82. The predicted molar refractivity (Wildman–Crippen MR) is 59.2 cm³/mol. The third kappa shape index (κ3) is 1.25. The number of carboxylic acid groups (broad SMARTS) is 1. The van der Waals surface area contributed by atoms with Crippen molar-refractivity contribution in [3.63, 3.8) is 0 Å². The van der Waals surface area contributed by atoms with E-state index in [0.717, 1.165) is 0 Å². The molecule has 0 aliphatic carbocycles. The van der Waals surface area contributed by atoms with Crippen molar-refractivity contribution < 1.29 is 18.7 Å². The zero-order valence-corrected chi connectivity index (χ0v) is 8.47. The zero-order valence-electron chi connectivity index (χ0n) is 8.47. The Hall–Kier alpha value is -2.56. The van der Waals surface area contributed by atoms with Crippen molar-refractivity contribution in [1.82, 2.24) is 0 Å². The van der Waals surface area contributed by atoms with Crippen LogP contribution in [0.1, 0.15) is 10.4 Å². The fourth-order valence-corrected chi connectivity index (χ4v) is 1.85. The van der Waals surface area contributed by atoms with Crippen molar-refractivity contribution in [1.29, 1.82) is 0 Å². The van der Waals surface area contributed by atoms with Crippen molar-refractivity contribution >= 4 is 27.9 Å². The first-order valence-electron chi connectivity index (χ1n) is 4.85. The van der Waals surface area contributed by atoms with Crippen molar-refractivity contribution in [3.8, 4) is 0 Å². The number of furan rings is 1. The minimum atomic E-state index is -1.14. The molecule has 2 aromatic heterocycles. The summed E-state index contributed by atoms with van der Waals surface area (Å²) in [5, 5.41) is 10.1. The maximum Gasteiger partial charge on any atom is 0.380 e. The zero-order chi connectivity index (χ0) is 12.0. The molecule has 0 unspecified atom stereocenters. The van der Waals surface area contributed by atoms with Crippen LogP contribution in [-0.4, -0.2) is 11.1 Å². The highest BCUT2D eigenvalue weighted by molar-refractivity contribution is 6.09. The van der Waals surface area contributed by atoms with Crippen LogP contribution >= 0.6 is 0 Å². The molecule has 0 saturated carbocycles. The van der Waals surface area contributed by atoms with Gasteiger partial charge in [0.05, 0.1) is 6.26 Å². The number of carboxylic acids is 1. The number of fused-ring (bicyclic) bond motifs is 3. The van der Waals surface area contributed by atoms with Gasteiger partial charge in [0, 0.05) is 10.8 Å². The highest BCUT2D eigenvalue weighted by Crippen LogP contribution is 2.25. The van der Waals surface area contributed by atoms with Gasteiger partial charge in [-0.2, -0.15) is 0 Å². The molecule has 0 aliphatic heterocycles. The molecule has 1 N–H and O–H groups in total. The third-order valence-corrected chi connectivity index (χ3v) is 2.58. The Morgan fingerprint density at radius 3 is 2.65 bits per heavy atom. The minimum Gasteiger partial charge on any atom is -0.478 e. The van der Waals surface area contributed by atoms with Crippen LogP contribution < -0.4 is 5.63 Å². The highest BCUT2D eigenvalue weighted by Gasteiger charge is 2.15. The van der Waals surface area contributed by atoms with Crippen LogP contribution in [0.3, 0.4) is 0 Å². The summed E-state index contributed by atoms with van der Waals surface area (Å²) in [7, 11) is 0. The van der Waals surface area contributed by atoms with Gasteiger partial charge in [-0.1, -0.05) is 12.1 Å². The van der Waals surface area contributed by atoms with Gasteiger partial charge in [0.2, 0.25) is 5.58 Å². The van der Waals surface area contributed by atoms with Crippen molar-refractivity contribution in [2.75, 3.05) is 0 Å². The van der Waals surface area contributed by atoms with Crippen molar-refractivity contribution in [2.45, 2.75) is 0 Å². The standard InChI is InChI=1S/C12H6O5/c13-11(14)8-3-1-2-6-7-4-5-16-10(7)12(15)17-9(6)8/h1-5H,(H,13,14). The number of rotatable bonds is 1. The molecule has 3 rings (SSSR count). The van der Waals surface area contributed by atoms with Crippen LogP contribution in [0.25, 0.3) is 21.9 Å². The number of hydrogen-bond acceptors (Lipinski definition) is 4. The SMILES string of the molecule is O=C(O)c1cccc2c1oc(=O)c1occc12. The summed E-state index contributed by atoms with van der Waals surface area (Å²) in [4.78, 5) is 22.6. The molecule has 0 radical (unpaired) electrons. The molecular formula is C12H6O5. The predicted octanol–water partition coefficient (Wildman–Crippen LogP) is 2.24. The molecule has 5 heteroatoms. The van der Waals surface area contributed by atoms with Gasteiger partial charge in [-0.15, -0.1) is 0 Å². The first-order chi connectivity index (χ1) is 8.18. The lowest BCUT2D eigenvalue weighted by Gasteiger charge is -2.00. The Morgan fingerprint density at radius 2 is 1.88 bits per heavy atom. The van der Waals surface area contributed by atoms with Crippen molar-refractivity contribution in [2.24, 2.45) is 0 Å². The molecule has 0 aliphatic rings. The largest absolute Gasteiger partial charge is 0.478 e. The second-order valence-electron chi connectivity index (χ2n) is 3.54. The Labute approximate surface area is 93.9 Å². The fourth-order valence-electron chi connectivity index (χ4n) is 1.85. The van der Waals surface area contributed by atoms with E-state index in [9.17, 15) is 9.59 Å². The van der Waals surface area contributed by atoms with Crippen LogP contribution in [0.5, 0.6) is 0 Å². The minimum absolute atomic E-state index is 0.0392. The smallest absolute Gasteiger partial charge is 0.380 e. The fraction of sp³-hybridized carbons (Fsp3) is 0. The number of para-hydroxylation sites is 1. The van der Waals surface area contributed by atoms with E-state index in [1.54, 1.807) is 18.2 Å². The van der Waals surface area contributed by atoms with Gasteiger partial charge in [-0.05, 0) is 12.1 Å². The number of benzene rings is 1. The molecule has 1 aromatic carbocycles. The molecule has 0 fully saturated rings. The van der Waals surface area contributed by atoms with Crippen LogP contribution in [0.4, 0.5) is 0 Å². The Morgan fingerprint density at radius 1 is 1.12 bits per heavy atom. The molecule has 5 nitrogen and oxygen atoms in total. The van der Waals surface area contributed by atoms with Crippen LogP contribution in [0, 0.1) is 0 Å². The average molecular weight is 230 g/mol. The van der Waals surface area contributed by atoms with E-state index in [4.69, 9.17) is 13.9 Å². The van der Waals surface area contributed by atoms with E-state index < -0.39 is 11.6 Å². The first kappa shape index (κ1) is 9.65. The normalized spacial score (nSPS) is 11.1. The van der Waals surface area contributed by atoms with Crippen molar-refractivity contribution in [3.05, 3.63) is 46.5 Å². The lowest BCUT2D eigenvalue weighted by Crippen LogP contribution is -2.02. The lowest BCUT2D eigenvalue weighted by molar-refractivity contribution is 0.0697. The van der Waals surface area contributed by atoms with Gasteiger partial charge < -0.3 is 13.9 Å². The van der Waals surface area contributed by atoms with E-state index in [2.05, 4.69) is 0 Å². The maximum atomic E-state index is 11.6. The van der Waals surface area contributed by atoms with Gasteiger partial charge in [-0.25, -0.2) is 9.59 Å². The topological polar surface area (TPSA) is 80.6 Å². The molecule has 0 amide bonds. The molecule has 17 heavy (non-hydrogen) atoms. The third-order valence-electron chi connectivity index (χ3n) is 2.58.